The Balaban J connectivity index is 2.20. The highest BCUT2D eigenvalue weighted by Crippen LogP contribution is 2.19. The third-order valence-electron chi connectivity index (χ3n) is 4.61. The zero-order valence-electron chi connectivity index (χ0n) is 19.7. The highest BCUT2D eigenvalue weighted by Gasteiger charge is 2.21. The van der Waals surface area contributed by atoms with Crippen LogP contribution in [-0.4, -0.2) is 70.8 Å². The van der Waals surface area contributed by atoms with Gasteiger partial charge >= 0.3 is 5.97 Å². The van der Waals surface area contributed by atoms with Crippen molar-refractivity contribution < 1.29 is 14.3 Å². The van der Waals surface area contributed by atoms with Gasteiger partial charge in [-0.15, -0.1) is 0 Å². The van der Waals surface area contributed by atoms with Gasteiger partial charge in [-0.25, -0.2) is 4.68 Å². The molecular weight excluding hydrogens is 392 g/mol. The van der Waals surface area contributed by atoms with E-state index in [1.165, 1.54) is 11.0 Å². The molecule has 0 aliphatic rings. The maximum atomic E-state index is 12.9. The Labute approximate surface area is 185 Å². The summed E-state index contributed by atoms with van der Waals surface area (Å²) in [6, 6.07) is 9.86. The third-order valence-corrected chi connectivity index (χ3v) is 4.61. The number of para-hydroxylation sites is 1. The quantitative estimate of drug-likeness (QED) is 0.479. The van der Waals surface area contributed by atoms with E-state index in [-0.39, 0.29) is 12.5 Å². The number of ether oxygens (including phenoxy) is 1. The average Bonchev–Trinajstić information content (AvgIpc) is 2.96. The predicted octanol–water partition coefficient (Wildman–Crippen LogP) is 3.23. The highest BCUT2D eigenvalue weighted by molar-refractivity contribution is 5.94. The van der Waals surface area contributed by atoms with Gasteiger partial charge in [-0.1, -0.05) is 18.2 Å². The summed E-state index contributed by atoms with van der Waals surface area (Å²) in [4.78, 5) is 28.7. The van der Waals surface area contributed by atoms with E-state index in [1.54, 1.807) is 6.08 Å². The van der Waals surface area contributed by atoms with Crippen LogP contribution in [0.4, 0.5) is 0 Å². The van der Waals surface area contributed by atoms with Gasteiger partial charge in [0.05, 0.1) is 11.4 Å². The highest BCUT2D eigenvalue weighted by atomic mass is 16.6. The van der Waals surface area contributed by atoms with Gasteiger partial charge in [0, 0.05) is 30.4 Å². The number of hydrogen-bond donors (Lipinski definition) is 0. The first-order chi connectivity index (χ1) is 14.5. The van der Waals surface area contributed by atoms with E-state index in [4.69, 9.17) is 4.74 Å². The number of carbonyl (C=O) groups excluding carboxylic acids is 2. The molecule has 7 nitrogen and oxygen atoms in total. The molecule has 0 atom stereocenters. The van der Waals surface area contributed by atoms with Crippen LogP contribution in [0.1, 0.15) is 37.7 Å². The Morgan fingerprint density at radius 1 is 1.10 bits per heavy atom. The molecule has 168 valence electrons. The van der Waals surface area contributed by atoms with Crippen molar-refractivity contribution in [3.05, 3.63) is 53.4 Å². The van der Waals surface area contributed by atoms with Crippen molar-refractivity contribution >= 4 is 18.0 Å². The summed E-state index contributed by atoms with van der Waals surface area (Å²) in [5.74, 6) is -0.656. The van der Waals surface area contributed by atoms with Crippen LogP contribution in [0, 0.1) is 13.8 Å². The molecule has 0 aliphatic carbocycles. The zero-order chi connectivity index (χ0) is 23.2. The minimum atomic E-state index is -0.594. The summed E-state index contributed by atoms with van der Waals surface area (Å²) >= 11 is 0. The summed E-state index contributed by atoms with van der Waals surface area (Å²) in [6.07, 6.45) is 3.28. The van der Waals surface area contributed by atoms with E-state index in [9.17, 15) is 9.59 Å². The largest absolute Gasteiger partial charge is 0.459 e. The summed E-state index contributed by atoms with van der Waals surface area (Å²) in [6.45, 7) is 10.3. The van der Waals surface area contributed by atoms with E-state index in [0.29, 0.717) is 13.1 Å². The Morgan fingerprint density at radius 2 is 1.74 bits per heavy atom. The number of esters is 1. The van der Waals surface area contributed by atoms with Crippen LogP contribution in [0.2, 0.25) is 0 Å². The second-order valence-corrected chi connectivity index (χ2v) is 8.81. The molecule has 0 radical (unpaired) electrons. The first-order valence-electron chi connectivity index (χ1n) is 10.4. The van der Waals surface area contributed by atoms with Gasteiger partial charge in [0.25, 0.3) is 0 Å². The lowest BCUT2D eigenvalue weighted by atomic mass is 10.1. The number of hydrogen-bond acceptors (Lipinski definition) is 5. The maximum Gasteiger partial charge on any atom is 0.326 e. The summed E-state index contributed by atoms with van der Waals surface area (Å²) in [7, 11) is 3.85. The van der Waals surface area contributed by atoms with Gasteiger partial charge in [0.2, 0.25) is 5.91 Å². The molecule has 0 aliphatic heterocycles. The van der Waals surface area contributed by atoms with Gasteiger partial charge in [0.1, 0.15) is 12.1 Å². The Kier molecular flexibility index (Phi) is 8.16. The molecule has 0 bridgehead atoms. The summed E-state index contributed by atoms with van der Waals surface area (Å²) < 4.78 is 7.26. The predicted molar refractivity (Wildman–Crippen MR) is 123 cm³/mol. The van der Waals surface area contributed by atoms with Crippen LogP contribution >= 0.6 is 0 Å². The van der Waals surface area contributed by atoms with Crippen LogP contribution in [0.3, 0.4) is 0 Å². The van der Waals surface area contributed by atoms with Gasteiger partial charge in [-0.3, -0.25) is 9.59 Å². The van der Waals surface area contributed by atoms with E-state index in [1.807, 2.05) is 88.6 Å². The van der Waals surface area contributed by atoms with E-state index in [2.05, 4.69) is 5.10 Å². The van der Waals surface area contributed by atoms with Crippen molar-refractivity contribution in [1.82, 2.24) is 19.6 Å². The fourth-order valence-corrected chi connectivity index (χ4v) is 3.09. The number of aromatic nitrogens is 2. The minimum absolute atomic E-state index is 0.0878. The molecule has 1 aromatic carbocycles. The molecule has 0 N–H and O–H groups in total. The molecule has 0 saturated carbocycles. The Bertz CT molecular complexity index is 924. The molecule has 2 rings (SSSR count). The van der Waals surface area contributed by atoms with Crippen LogP contribution in [0.15, 0.2) is 36.4 Å². The van der Waals surface area contributed by atoms with E-state index in [0.717, 1.165) is 22.6 Å². The van der Waals surface area contributed by atoms with Crippen LogP contribution in [-0.2, 0) is 14.3 Å². The lowest BCUT2D eigenvalue weighted by Crippen LogP contribution is -2.41. The molecule has 0 unspecified atom stereocenters. The lowest BCUT2D eigenvalue weighted by molar-refractivity contribution is -0.158. The monoisotopic (exact) mass is 426 g/mol. The number of aryl methyl sites for hydroxylation is 1. The van der Waals surface area contributed by atoms with Crippen molar-refractivity contribution in [3.63, 3.8) is 0 Å². The smallest absolute Gasteiger partial charge is 0.326 e. The molecule has 0 fully saturated rings. The fourth-order valence-electron chi connectivity index (χ4n) is 3.09. The molecule has 2 aromatic rings. The third kappa shape index (κ3) is 7.36. The standard InChI is InChI=1S/C24H34N4O3/c1-18-21(19(2)28(25-18)20-11-9-8-10-12-20)13-14-22(29)27(16-15-26(6)7)17-23(30)31-24(3,4)5/h8-14H,15-17H2,1-7H3/b14-13+. The number of rotatable bonds is 8. The van der Waals surface area contributed by atoms with Gasteiger partial charge in [-0.2, -0.15) is 5.10 Å². The van der Waals surface area contributed by atoms with Crippen LogP contribution in [0.25, 0.3) is 11.8 Å². The minimum Gasteiger partial charge on any atom is -0.459 e. The Morgan fingerprint density at radius 3 is 2.32 bits per heavy atom. The fraction of sp³-hybridized carbons (Fsp3) is 0.458. The SMILES string of the molecule is Cc1nn(-c2ccccc2)c(C)c1/C=C/C(=O)N(CCN(C)C)CC(=O)OC(C)(C)C. The van der Waals surface area contributed by atoms with Crippen molar-refractivity contribution in [2.75, 3.05) is 33.7 Å². The first-order valence-corrected chi connectivity index (χ1v) is 10.4. The zero-order valence-corrected chi connectivity index (χ0v) is 19.7. The molecular formula is C24H34N4O3. The van der Waals surface area contributed by atoms with E-state index < -0.39 is 11.6 Å². The first kappa shape index (κ1) is 24.3. The van der Waals surface area contributed by atoms with Crippen LogP contribution in [0.5, 0.6) is 0 Å². The lowest BCUT2D eigenvalue weighted by Gasteiger charge is -2.25. The number of likely N-dealkylation sites (N-methyl/N-ethyl adjacent to an activating group) is 1. The van der Waals surface area contributed by atoms with Crippen molar-refractivity contribution in [2.45, 2.75) is 40.2 Å². The molecule has 1 amide bonds. The molecule has 1 aromatic heterocycles. The van der Waals surface area contributed by atoms with E-state index >= 15 is 0 Å². The van der Waals surface area contributed by atoms with Crippen molar-refractivity contribution in [3.8, 4) is 5.69 Å². The molecule has 1 heterocycles. The Hall–Kier alpha value is -2.93. The maximum absolute atomic E-state index is 12.9. The molecule has 7 heteroatoms. The molecule has 0 spiro atoms. The van der Waals surface area contributed by atoms with Gasteiger partial charge in [0.15, 0.2) is 0 Å². The van der Waals surface area contributed by atoms with Gasteiger partial charge in [-0.05, 0) is 66.9 Å². The summed E-state index contributed by atoms with van der Waals surface area (Å²) in [5.41, 5.74) is 3.04. The second kappa shape index (κ2) is 10.4. The van der Waals surface area contributed by atoms with Gasteiger partial charge < -0.3 is 14.5 Å². The number of amides is 1. The topological polar surface area (TPSA) is 67.7 Å². The van der Waals surface area contributed by atoms with Crippen molar-refractivity contribution in [2.24, 2.45) is 0 Å². The molecule has 31 heavy (non-hydrogen) atoms. The van der Waals surface area contributed by atoms with Crippen LogP contribution < -0.4 is 0 Å². The van der Waals surface area contributed by atoms with Crippen molar-refractivity contribution in [1.29, 1.82) is 0 Å². The molecule has 0 saturated heterocycles. The number of nitrogens with zero attached hydrogens (tertiary/aromatic N) is 4. The second-order valence-electron chi connectivity index (χ2n) is 8.81. The normalized spacial score (nSPS) is 11.9. The average molecular weight is 427 g/mol. The summed E-state index contributed by atoms with van der Waals surface area (Å²) in [5, 5.41) is 4.61. The number of carbonyl (C=O) groups is 2. The number of benzene rings is 1.